The average Bonchev–Trinajstić information content (AvgIpc) is 2.59. The molecule has 1 N–H and O–H groups in total. The number of piperidine rings is 1. The molecule has 2 rings (SSSR count). The molecule has 0 aromatic heterocycles. The number of sulfone groups is 1. The van der Waals surface area contributed by atoms with Gasteiger partial charge in [-0.05, 0) is 49.9 Å². The van der Waals surface area contributed by atoms with Crippen LogP contribution < -0.4 is 0 Å². The highest BCUT2D eigenvalue weighted by Gasteiger charge is 2.28. The fourth-order valence-corrected chi connectivity index (χ4v) is 3.88. The Morgan fingerprint density at radius 2 is 1.88 bits per heavy atom. The number of carboxylic acids is 1. The molecule has 0 aliphatic carbocycles. The van der Waals surface area contributed by atoms with Crippen molar-refractivity contribution in [3.63, 3.8) is 0 Å². The topological polar surface area (TPSA) is 91.8 Å². The molecule has 0 spiro atoms. The number of likely N-dealkylation sites (tertiary alicyclic amines) is 1. The largest absolute Gasteiger partial charge is 0.481 e. The normalized spacial score (nSPS) is 18.4. The predicted octanol–water partition coefficient (Wildman–Crippen LogP) is 2.34. The summed E-state index contributed by atoms with van der Waals surface area (Å²) < 4.78 is 23.7. The number of hydrogen-bond donors (Lipinski definition) is 1. The van der Waals surface area contributed by atoms with Gasteiger partial charge in [0.15, 0.2) is 9.84 Å². The minimum Gasteiger partial charge on any atom is -0.481 e. The van der Waals surface area contributed by atoms with Crippen molar-refractivity contribution in [3.05, 3.63) is 29.8 Å². The van der Waals surface area contributed by atoms with Crippen LogP contribution in [0.1, 0.15) is 49.4 Å². The van der Waals surface area contributed by atoms with Crippen molar-refractivity contribution >= 4 is 21.7 Å². The standard InChI is InChI=1S/C17H23NO5S/c1-2-24(22,23)15-9-6-13(7-10-15)17(21)18-12-4-3-5-14(18)8-11-16(19)20/h6-7,9-10,14H,2-5,8,11-12H2,1H3,(H,19,20). The van der Waals surface area contributed by atoms with Gasteiger partial charge in [0.1, 0.15) is 0 Å². The minimum atomic E-state index is -3.28. The summed E-state index contributed by atoms with van der Waals surface area (Å²) in [5.41, 5.74) is 0.437. The fourth-order valence-electron chi connectivity index (χ4n) is 3.00. The maximum absolute atomic E-state index is 12.7. The smallest absolute Gasteiger partial charge is 0.303 e. The highest BCUT2D eigenvalue weighted by molar-refractivity contribution is 7.91. The number of carbonyl (C=O) groups is 2. The molecule has 1 heterocycles. The summed E-state index contributed by atoms with van der Waals surface area (Å²) in [4.78, 5) is 25.4. The Morgan fingerprint density at radius 3 is 2.46 bits per heavy atom. The molecule has 0 radical (unpaired) electrons. The molecule has 1 aromatic carbocycles. The minimum absolute atomic E-state index is 0.0175. The van der Waals surface area contributed by atoms with Crippen LogP contribution in [0, 0.1) is 0 Å². The first-order valence-corrected chi connectivity index (χ1v) is 9.86. The number of aliphatic carboxylic acids is 1. The summed E-state index contributed by atoms with van der Waals surface area (Å²) in [6.07, 6.45) is 3.19. The highest BCUT2D eigenvalue weighted by atomic mass is 32.2. The molecule has 6 nitrogen and oxygen atoms in total. The molecule has 1 aliphatic rings. The van der Waals surface area contributed by atoms with Gasteiger partial charge in [-0.1, -0.05) is 6.92 Å². The number of carbonyl (C=O) groups excluding carboxylic acids is 1. The summed E-state index contributed by atoms with van der Waals surface area (Å²) in [5.74, 6) is -1.00. The monoisotopic (exact) mass is 353 g/mol. The van der Waals surface area contributed by atoms with Crippen LogP contribution in [0.25, 0.3) is 0 Å². The highest BCUT2D eigenvalue weighted by Crippen LogP contribution is 2.23. The lowest BCUT2D eigenvalue weighted by molar-refractivity contribution is -0.137. The number of nitrogens with zero attached hydrogens (tertiary/aromatic N) is 1. The SMILES string of the molecule is CCS(=O)(=O)c1ccc(C(=O)N2CCCCC2CCC(=O)O)cc1. The van der Waals surface area contributed by atoms with Crippen molar-refractivity contribution in [1.29, 1.82) is 0 Å². The molecule has 1 unspecified atom stereocenters. The van der Waals surface area contributed by atoms with Gasteiger partial charge in [0, 0.05) is 24.6 Å². The molecular weight excluding hydrogens is 330 g/mol. The first-order valence-electron chi connectivity index (χ1n) is 8.20. The van der Waals surface area contributed by atoms with E-state index in [1.165, 1.54) is 24.3 Å². The van der Waals surface area contributed by atoms with Gasteiger partial charge in [0.2, 0.25) is 0 Å². The number of benzene rings is 1. The zero-order chi connectivity index (χ0) is 17.7. The quantitative estimate of drug-likeness (QED) is 0.847. The molecule has 1 amide bonds. The second kappa shape index (κ2) is 7.79. The van der Waals surface area contributed by atoms with Crippen LogP contribution in [0.2, 0.25) is 0 Å². The van der Waals surface area contributed by atoms with Gasteiger partial charge < -0.3 is 10.0 Å². The van der Waals surface area contributed by atoms with Crippen molar-refractivity contribution in [2.45, 2.75) is 50.0 Å². The molecule has 1 fully saturated rings. The molecule has 24 heavy (non-hydrogen) atoms. The molecule has 0 saturated carbocycles. The van der Waals surface area contributed by atoms with Gasteiger partial charge in [0.25, 0.3) is 5.91 Å². The maximum Gasteiger partial charge on any atom is 0.303 e. The van der Waals surface area contributed by atoms with Crippen molar-refractivity contribution in [3.8, 4) is 0 Å². The average molecular weight is 353 g/mol. The third-order valence-corrected chi connectivity index (χ3v) is 6.17. The number of amides is 1. The Kier molecular flexibility index (Phi) is 5.99. The Morgan fingerprint density at radius 1 is 1.21 bits per heavy atom. The first kappa shape index (κ1) is 18.4. The molecule has 1 saturated heterocycles. The van der Waals surface area contributed by atoms with E-state index >= 15 is 0 Å². The van der Waals surface area contributed by atoms with Gasteiger partial charge in [-0.25, -0.2) is 8.42 Å². The third-order valence-electron chi connectivity index (χ3n) is 4.42. The van der Waals surface area contributed by atoms with Crippen LogP contribution in [-0.2, 0) is 14.6 Å². The molecule has 132 valence electrons. The summed E-state index contributed by atoms with van der Waals surface area (Å²) >= 11 is 0. The van der Waals surface area contributed by atoms with E-state index in [4.69, 9.17) is 5.11 Å². The summed E-state index contributed by atoms with van der Waals surface area (Å²) in [5, 5.41) is 8.86. The summed E-state index contributed by atoms with van der Waals surface area (Å²) in [7, 11) is -3.28. The third kappa shape index (κ3) is 4.35. The first-order chi connectivity index (χ1) is 11.3. The fraction of sp³-hybridized carbons (Fsp3) is 0.529. The van der Waals surface area contributed by atoms with E-state index in [0.717, 1.165) is 19.3 Å². The summed E-state index contributed by atoms with van der Waals surface area (Å²) in [6.45, 7) is 2.19. The second-order valence-corrected chi connectivity index (χ2v) is 8.29. The number of hydrogen-bond acceptors (Lipinski definition) is 4. The van der Waals surface area contributed by atoms with Gasteiger partial charge >= 0.3 is 5.97 Å². The summed E-state index contributed by atoms with van der Waals surface area (Å²) in [6, 6.07) is 5.92. The van der Waals surface area contributed by atoms with E-state index in [1.54, 1.807) is 11.8 Å². The Balaban J connectivity index is 2.15. The van der Waals surface area contributed by atoms with Crippen LogP contribution in [0.15, 0.2) is 29.2 Å². The Hall–Kier alpha value is -1.89. The van der Waals surface area contributed by atoms with E-state index in [9.17, 15) is 18.0 Å². The Bertz CT molecular complexity index is 696. The van der Waals surface area contributed by atoms with Crippen molar-refractivity contribution in [1.82, 2.24) is 4.90 Å². The molecule has 1 aliphatic heterocycles. The molecular formula is C17H23NO5S. The maximum atomic E-state index is 12.7. The van der Waals surface area contributed by atoms with Gasteiger partial charge in [-0.2, -0.15) is 0 Å². The van der Waals surface area contributed by atoms with Gasteiger partial charge in [0.05, 0.1) is 10.6 Å². The van der Waals surface area contributed by atoms with Crippen LogP contribution in [0.4, 0.5) is 0 Å². The molecule has 1 atom stereocenters. The van der Waals surface area contributed by atoms with Crippen LogP contribution in [0.3, 0.4) is 0 Å². The van der Waals surface area contributed by atoms with Crippen LogP contribution in [0.5, 0.6) is 0 Å². The number of rotatable bonds is 6. The zero-order valence-corrected chi connectivity index (χ0v) is 14.6. The lowest BCUT2D eigenvalue weighted by Gasteiger charge is -2.35. The van der Waals surface area contributed by atoms with Gasteiger partial charge in [-0.15, -0.1) is 0 Å². The van der Waals surface area contributed by atoms with E-state index in [1.807, 2.05) is 0 Å². The lowest BCUT2D eigenvalue weighted by atomic mass is 9.97. The van der Waals surface area contributed by atoms with Crippen molar-refractivity contribution in [2.75, 3.05) is 12.3 Å². The Labute approximate surface area is 142 Å². The van der Waals surface area contributed by atoms with E-state index in [-0.39, 0.29) is 29.0 Å². The van der Waals surface area contributed by atoms with E-state index < -0.39 is 15.8 Å². The van der Waals surface area contributed by atoms with Crippen LogP contribution in [-0.4, -0.2) is 48.6 Å². The van der Waals surface area contributed by atoms with Crippen molar-refractivity contribution < 1.29 is 23.1 Å². The van der Waals surface area contributed by atoms with E-state index in [0.29, 0.717) is 18.5 Å². The molecule has 1 aromatic rings. The molecule has 0 bridgehead atoms. The zero-order valence-electron chi connectivity index (χ0n) is 13.8. The van der Waals surface area contributed by atoms with Crippen molar-refractivity contribution in [2.24, 2.45) is 0 Å². The molecule has 7 heteroatoms. The predicted molar refractivity (Wildman–Crippen MR) is 89.7 cm³/mol. The number of carboxylic acid groups (broad SMARTS) is 1. The second-order valence-electron chi connectivity index (χ2n) is 6.01. The van der Waals surface area contributed by atoms with Gasteiger partial charge in [-0.3, -0.25) is 9.59 Å². The lowest BCUT2D eigenvalue weighted by Crippen LogP contribution is -2.44. The van der Waals surface area contributed by atoms with E-state index in [2.05, 4.69) is 0 Å². The van der Waals surface area contributed by atoms with Crippen LogP contribution >= 0.6 is 0 Å².